The van der Waals surface area contributed by atoms with Gasteiger partial charge in [0.2, 0.25) is 5.91 Å². The molecule has 2 fully saturated rings. The summed E-state index contributed by atoms with van der Waals surface area (Å²) < 4.78 is 0. The van der Waals surface area contributed by atoms with E-state index < -0.39 is 23.4 Å². The van der Waals surface area contributed by atoms with E-state index in [4.69, 9.17) is 0 Å². The Bertz CT molecular complexity index is 453. The average molecular weight is 279 g/mol. The fourth-order valence-corrected chi connectivity index (χ4v) is 4.10. The Labute approximate surface area is 118 Å². The fourth-order valence-electron chi connectivity index (χ4n) is 4.10. The summed E-state index contributed by atoms with van der Waals surface area (Å²) in [6.07, 6.45) is 8.07. The molecule has 0 spiro atoms. The van der Waals surface area contributed by atoms with Crippen molar-refractivity contribution in [3.05, 3.63) is 12.2 Å². The molecule has 0 saturated heterocycles. The third-order valence-corrected chi connectivity index (χ3v) is 5.17. The molecule has 2 saturated carbocycles. The van der Waals surface area contributed by atoms with Crippen molar-refractivity contribution in [1.29, 1.82) is 0 Å². The van der Waals surface area contributed by atoms with Crippen molar-refractivity contribution in [1.82, 2.24) is 5.32 Å². The van der Waals surface area contributed by atoms with E-state index in [9.17, 15) is 19.8 Å². The maximum absolute atomic E-state index is 12.3. The number of nitrogens with one attached hydrogen (secondary N) is 1. The highest BCUT2D eigenvalue weighted by atomic mass is 16.4. The Kier molecular flexibility index (Phi) is 3.32. The van der Waals surface area contributed by atoms with E-state index in [1.54, 1.807) is 0 Å². The Morgan fingerprint density at radius 2 is 1.75 bits per heavy atom. The average Bonchev–Trinajstić information content (AvgIpc) is 3.10. The van der Waals surface area contributed by atoms with Crippen LogP contribution >= 0.6 is 0 Å². The second-order valence-electron chi connectivity index (χ2n) is 6.49. The summed E-state index contributed by atoms with van der Waals surface area (Å²) in [6, 6.07) is 0. The topological polar surface area (TPSA) is 86.6 Å². The van der Waals surface area contributed by atoms with Gasteiger partial charge in [-0.3, -0.25) is 9.59 Å². The van der Waals surface area contributed by atoms with Crippen LogP contribution < -0.4 is 5.32 Å². The predicted molar refractivity (Wildman–Crippen MR) is 71.8 cm³/mol. The third kappa shape index (κ3) is 2.24. The SMILES string of the molecule is O=C(O)C1C2C=CC(C2)C1C(=O)NCC1(O)CCCC1. The number of hydrogen-bond donors (Lipinski definition) is 3. The van der Waals surface area contributed by atoms with Crippen molar-refractivity contribution in [3.8, 4) is 0 Å². The zero-order valence-electron chi connectivity index (χ0n) is 11.4. The second-order valence-corrected chi connectivity index (χ2v) is 6.49. The molecule has 0 aromatic heterocycles. The summed E-state index contributed by atoms with van der Waals surface area (Å²) in [7, 11) is 0. The van der Waals surface area contributed by atoms with Crippen LogP contribution in [0.4, 0.5) is 0 Å². The minimum absolute atomic E-state index is 0.0113. The van der Waals surface area contributed by atoms with E-state index in [-0.39, 0.29) is 24.3 Å². The van der Waals surface area contributed by atoms with Crippen molar-refractivity contribution < 1.29 is 19.8 Å². The summed E-state index contributed by atoms with van der Waals surface area (Å²) >= 11 is 0. The van der Waals surface area contributed by atoms with Crippen LogP contribution in [0.25, 0.3) is 0 Å². The Hall–Kier alpha value is -1.36. The summed E-state index contributed by atoms with van der Waals surface area (Å²) in [4.78, 5) is 23.7. The smallest absolute Gasteiger partial charge is 0.307 e. The van der Waals surface area contributed by atoms with Gasteiger partial charge in [0.15, 0.2) is 0 Å². The molecule has 4 atom stereocenters. The van der Waals surface area contributed by atoms with Gasteiger partial charge in [-0.2, -0.15) is 0 Å². The van der Waals surface area contributed by atoms with Gasteiger partial charge in [0.05, 0.1) is 17.4 Å². The second kappa shape index (κ2) is 4.88. The lowest BCUT2D eigenvalue weighted by atomic mass is 9.82. The van der Waals surface area contributed by atoms with Crippen molar-refractivity contribution in [2.24, 2.45) is 23.7 Å². The standard InChI is InChI=1S/C15H21NO4/c17-13(16-8-15(20)5-1-2-6-15)11-9-3-4-10(7-9)12(11)14(18)19/h3-4,9-12,20H,1-2,5-8H2,(H,16,17)(H,18,19). The van der Waals surface area contributed by atoms with Crippen molar-refractivity contribution in [2.75, 3.05) is 6.54 Å². The molecule has 5 heteroatoms. The lowest BCUT2D eigenvalue weighted by Crippen LogP contribution is -2.46. The number of rotatable bonds is 4. The van der Waals surface area contributed by atoms with E-state index in [0.717, 1.165) is 19.3 Å². The molecule has 5 nitrogen and oxygen atoms in total. The highest BCUT2D eigenvalue weighted by molar-refractivity contribution is 5.86. The normalized spacial score (nSPS) is 37.2. The first-order valence-electron chi connectivity index (χ1n) is 7.41. The van der Waals surface area contributed by atoms with E-state index in [1.165, 1.54) is 0 Å². The number of carbonyl (C=O) groups is 2. The van der Waals surface area contributed by atoms with Gasteiger partial charge in [-0.25, -0.2) is 0 Å². The molecule has 2 bridgehead atoms. The molecule has 3 aliphatic carbocycles. The third-order valence-electron chi connectivity index (χ3n) is 5.17. The number of allylic oxidation sites excluding steroid dienone is 2. The number of fused-ring (bicyclic) bond motifs is 2. The van der Waals surface area contributed by atoms with Crippen LogP contribution in [0, 0.1) is 23.7 Å². The molecule has 110 valence electrons. The molecular formula is C15H21NO4. The number of carbonyl (C=O) groups excluding carboxylic acids is 1. The Morgan fingerprint density at radius 3 is 2.35 bits per heavy atom. The van der Waals surface area contributed by atoms with Gasteiger partial charge in [0.25, 0.3) is 0 Å². The molecule has 0 radical (unpaired) electrons. The van der Waals surface area contributed by atoms with Crippen LogP contribution in [0.3, 0.4) is 0 Å². The monoisotopic (exact) mass is 279 g/mol. The highest BCUT2D eigenvalue weighted by Gasteiger charge is 2.51. The zero-order valence-corrected chi connectivity index (χ0v) is 11.4. The lowest BCUT2D eigenvalue weighted by molar-refractivity contribution is -0.148. The molecule has 4 unspecified atom stereocenters. The van der Waals surface area contributed by atoms with Crippen LogP contribution in [0.2, 0.25) is 0 Å². The van der Waals surface area contributed by atoms with Crippen LogP contribution in [0.1, 0.15) is 32.1 Å². The summed E-state index contributed by atoms with van der Waals surface area (Å²) in [5.41, 5.74) is -0.790. The first-order valence-corrected chi connectivity index (χ1v) is 7.41. The lowest BCUT2D eigenvalue weighted by Gasteiger charge is -2.27. The summed E-state index contributed by atoms with van der Waals surface area (Å²) in [5.74, 6) is -2.16. The Morgan fingerprint density at radius 1 is 1.15 bits per heavy atom. The molecule has 0 aliphatic heterocycles. The van der Waals surface area contributed by atoms with Gasteiger partial charge < -0.3 is 15.5 Å². The molecule has 0 aromatic carbocycles. The number of carboxylic acid groups (broad SMARTS) is 1. The number of carboxylic acids is 1. The van der Waals surface area contributed by atoms with Gasteiger partial charge in [-0.05, 0) is 31.1 Å². The van der Waals surface area contributed by atoms with E-state index in [1.807, 2.05) is 12.2 Å². The molecule has 0 heterocycles. The zero-order chi connectivity index (χ0) is 14.3. The maximum atomic E-state index is 12.3. The highest BCUT2D eigenvalue weighted by Crippen LogP contribution is 2.48. The van der Waals surface area contributed by atoms with Crippen molar-refractivity contribution in [3.63, 3.8) is 0 Å². The fraction of sp³-hybridized carbons (Fsp3) is 0.733. The first-order chi connectivity index (χ1) is 9.50. The predicted octanol–water partition coefficient (Wildman–Crippen LogP) is 0.931. The van der Waals surface area contributed by atoms with Crippen LogP contribution in [0.5, 0.6) is 0 Å². The number of aliphatic carboxylic acids is 1. The minimum Gasteiger partial charge on any atom is -0.481 e. The molecule has 0 aromatic rings. The largest absolute Gasteiger partial charge is 0.481 e. The van der Waals surface area contributed by atoms with Gasteiger partial charge in [0, 0.05) is 6.54 Å². The first kappa shape index (κ1) is 13.6. The van der Waals surface area contributed by atoms with Crippen LogP contribution in [0.15, 0.2) is 12.2 Å². The molecule has 3 aliphatic rings. The van der Waals surface area contributed by atoms with Crippen molar-refractivity contribution in [2.45, 2.75) is 37.7 Å². The van der Waals surface area contributed by atoms with Gasteiger partial charge in [-0.15, -0.1) is 0 Å². The maximum Gasteiger partial charge on any atom is 0.307 e. The number of hydrogen-bond acceptors (Lipinski definition) is 3. The van der Waals surface area contributed by atoms with Gasteiger partial charge in [0.1, 0.15) is 0 Å². The minimum atomic E-state index is -0.887. The van der Waals surface area contributed by atoms with E-state index >= 15 is 0 Å². The molecule has 3 rings (SSSR count). The molecule has 1 amide bonds. The molecule has 20 heavy (non-hydrogen) atoms. The van der Waals surface area contributed by atoms with Crippen LogP contribution in [-0.2, 0) is 9.59 Å². The van der Waals surface area contributed by atoms with Gasteiger partial charge >= 0.3 is 5.97 Å². The van der Waals surface area contributed by atoms with Crippen LogP contribution in [-0.4, -0.2) is 34.2 Å². The number of amides is 1. The van der Waals surface area contributed by atoms with Gasteiger partial charge in [-0.1, -0.05) is 25.0 Å². The van der Waals surface area contributed by atoms with Crippen molar-refractivity contribution >= 4 is 11.9 Å². The summed E-state index contributed by atoms with van der Waals surface area (Å²) in [5, 5.41) is 22.4. The molecular weight excluding hydrogens is 258 g/mol. The number of aliphatic hydroxyl groups is 1. The molecule has 3 N–H and O–H groups in total. The Balaban J connectivity index is 1.64. The van der Waals surface area contributed by atoms with E-state index in [0.29, 0.717) is 12.8 Å². The summed E-state index contributed by atoms with van der Waals surface area (Å²) in [6.45, 7) is 0.246. The van der Waals surface area contributed by atoms with E-state index in [2.05, 4.69) is 5.32 Å². The quantitative estimate of drug-likeness (QED) is 0.668.